The molecule has 0 spiro atoms. The summed E-state index contributed by atoms with van der Waals surface area (Å²) >= 11 is 1.69. The summed E-state index contributed by atoms with van der Waals surface area (Å²) in [6.45, 7) is 2.09. The number of nitrogens with one attached hydrogen (secondary N) is 2. The van der Waals surface area contributed by atoms with Crippen LogP contribution in [0.3, 0.4) is 0 Å². The summed E-state index contributed by atoms with van der Waals surface area (Å²) in [6, 6.07) is 0. The van der Waals surface area contributed by atoms with Crippen molar-refractivity contribution in [3.63, 3.8) is 0 Å². The fourth-order valence-corrected chi connectivity index (χ4v) is 1.90. The summed E-state index contributed by atoms with van der Waals surface area (Å²) in [7, 11) is 1.80. The molecule has 0 aliphatic heterocycles. The van der Waals surface area contributed by atoms with Crippen LogP contribution in [0.5, 0.6) is 0 Å². The van der Waals surface area contributed by atoms with Crippen LogP contribution >= 0.6 is 11.8 Å². The highest BCUT2D eigenvalue weighted by Crippen LogP contribution is 2.24. The van der Waals surface area contributed by atoms with E-state index in [1.165, 1.54) is 0 Å². The Hall–Kier alpha value is -1.30. The van der Waals surface area contributed by atoms with E-state index in [1.807, 2.05) is 0 Å². The van der Waals surface area contributed by atoms with E-state index in [-0.39, 0.29) is 0 Å². The van der Waals surface area contributed by atoms with Gasteiger partial charge in [0.2, 0.25) is 5.95 Å². The van der Waals surface area contributed by atoms with Crippen LogP contribution in [0.4, 0.5) is 5.95 Å². The molecule has 0 bridgehead atoms. The minimum atomic E-state index is 0.623. The number of nitrogens with zero attached hydrogens (tertiary/aromatic N) is 3. The normalized spacial score (nSPS) is 10.7. The van der Waals surface area contributed by atoms with Crippen LogP contribution in [0.1, 0.15) is 6.92 Å². The van der Waals surface area contributed by atoms with Gasteiger partial charge >= 0.3 is 0 Å². The lowest BCUT2D eigenvalue weighted by Gasteiger charge is -2.02. The highest BCUT2D eigenvalue weighted by molar-refractivity contribution is 7.99. The average molecular weight is 209 g/mol. The lowest BCUT2D eigenvalue weighted by Crippen LogP contribution is -1.97. The largest absolute Gasteiger partial charge is 0.357 e. The van der Waals surface area contributed by atoms with E-state index in [1.54, 1.807) is 25.0 Å². The van der Waals surface area contributed by atoms with Crippen LogP contribution in [0.2, 0.25) is 0 Å². The van der Waals surface area contributed by atoms with E-state index >= 15 is 0 Å². The third kappa shape index (κ3) is 1.52. The lowest BCUT2D eigenvalue weighted by atomic mass is 10.4. The maximum absolute atomic E-state index is 4.36. The number of anilines is 1. The van der Waals surface area contributed by atoms with Gasteiger partial charge in [0.25, 0.3) is 0 Å². The fourth-order valence-electron chi connectivity index (χ4n) is 1.17. The molecule has 14 heavy (non-hydrogen) atoms. The number of hydrogen-bond acceptors (Lipinski definition) is 5. The van der Waals surface area contributed by atoms with Crippen molar-refractivity contribution in [3.05, 3.63) is 6.20 Å². The molecule has 74 valence electrons. The van der Waals surface area contributed by atoms with Gasteiger partial charge in [0, 0.05) is 7.05 Å². The molecule has 0 aliphatic rings. The van der Waals surface area contributed by atoms with Crippen molar-refractivity contribution in [2.24, 2.45) is 0 Å². The number of aromatic amines is 1. The average Bonchev–Trinajstić information content (AvgIpc) is 2.66. The minimum Gasteiger partial charge on any atom is -0.357 e. The van der Waals surface area contributed by atoms with Crippen molar-refractivity contribution in [1.82, 2.24) is 20.2 Å². The van der Waals surface area contributed by atoms with Gasteiger partial charge < -0.3 is 5.32 Å². The van der Waals surface area contributed by atoms with Crippen LogP contribution in [0.25, 0.3) is 11.0 Å². The highest BCUT2D eigenvalue weighted by atomic mass is 32.2. The van der Waals surface area contributed by atoms with E-state index in [2.05, 4.69) is 32.4 Å². The van der Waals surface area contributed by atoms with Crippen LogP contribution in [0.15, 0.2) is 11.2 Å². The molecule has 0 saturated carbocycles. The molecule has 0 atom stereocenters. The quantitative estimate of drug-likeness (QED) is 0.592. The molecule has 0 unspecified atom stereocenters. The number of hydrogen-bond donors (Lipinski definition) is 2. The second-order valence-corrected chi connectivity index (χ2v) is 3.92. The standard InChI is InChI=1S/C8H11N5S/c1-3-14-7-5-4-10-13-6(5)11-8(9-2)12-7/h4H,3H2,1-2H3,(H2,9,10,11,12,13). The summed E-state index contributed by atoms with van der Waals surface area (Å²) in [4.78, 5) is 8.61. The zero-order valence-electron chi connectivity index (χ0n) is 8.03. The molecule has 2 heterocycles. The van der Waals surface area contributed by atoms with Crippen LogP contribution < -0.4 is 5.32 Å². The highest BCUT2D eigenvalue weighted by Gasteiger charge is 2.07. The Balaban J connectivity index is 2.58. The molecule has 2 aromatic rings. The van der Waals surface area contributed by atoms with E-state index in [4.69, 9.17) is 0 Å². The maximum atomic E-state index is 4.36. The monoisotopic (exact) mass is 209 g/mol. The van der Waals surface area contributed by atoms with E-state index in [0.717, 1.165) is 21.8 Å². The van der Waals surface area contributed by atoms with Gasteiger partial charge in [0.1, 0.15) is 5.03 Å². The Morgan fingerprint density at radius 3 is 3.07 bits per heavy atom. The molecule has 0 aliphatic carbocycles. The van der Waals surface area contributed by atoms with Crippen LogP contribution in [-0.2, 0) is 0 Å². The number of fused-ring (bicyclic) bond motifs is 1. The Morgan fingerprint density at radius 2 is 2.36 bits per heavy atom. The Bertz CT molecular complexity index is 438. The van der Waals surface area contributed by atoms with Gasteiger partial charge in [-0.05, 0) is 5.75 Å². The Kier molecular flexibility index (Phi) is 2.53. The minimum absolute atomic E-state index is 0.623. The van der Waals surface area contributed by atoms with Gasteiger partial charge in [-0.3, -0.25) is 5.10 Å². The molecule has 0 radical (unpaired) electrons. The van der Waals surface area contributed by atoms with Crippen molar-refractivity contribution in [1.29, 1.82) is 0 Å². The molecule has 0 fully saturated rings. The van der Waals surface area contributed by atoms with Crippen LogP contribution in [0, 0.1) is 0 Å². The van der Waals surface area contributed by atoms with Gasteiger partial charge in [0.15, 0.2) is 5.65 Å². The number of H-pyrrole nitrogens is 1. The summed E-state index contributed by atoms with van der Waals surface area (Å²) in [5.41, 5.74) is 0.778. The first-order chi connectivity index (χ1) is 6.85. The fraction of sp³-hybridized carbons (Fsp3) is 0.375. The number of aromatic nitrogens is 4. The molecule has 6 heteroatoms. The maximum Gasteiger partial charge on any atom is 0.225 e. The first kappa shape index (κ1) is 9.26. The second-order valence-electron chi connectivity index (χ2n) is 2.67. The molecule has 0 saturated heterocycles. The van der Waals surface area contributed by atoms with Gasteiger partial charge in [-0.1, -0.05) is 6.92 Å². The zero-order chi connectivity index (χ0) is 9.97. The molecule has 5 nitrogen and oxygen atoms in total. The SMILES string of the molecule is CCSc1nc(NC)nc2[nH]ncc12. The molecule has 2 rings (SSSR count). The third-order valence-electron chi connectivity index (χ3n) is 1.78. The smallest absolute Gasteiger partial charge is 0.225 e. The molecular formula is C8H11N5S. The molecule has 2 aromatic heterocycles. The summed E-state index contributed by atoms with van der Waals surface area (Å²) < 4.78 is 0. The van der Waals surface area contributed by atoms with Crippen molar-refractivity contribution < 1.29 is 0 Å². The predicted octanol–water partition coefficient (Wildman–Crippen LogP) is 1.51. The van der Waals surface area contributed by atoms with E-state index in [9.17, 15) is 0 Å². The van der Waals surface area contributed by atoms with Gasteiger partial charge in [-0.15, -0.1) is 11.8 Å². The first-order valence-corrected chi connectivity index (χ1v) is 5.35. The van der Waals surface area contributed by atoms with Gasteiger partial charge in [0.05, 0.1) is 11.6 Å². The first-order valence-electron chi connectivity index (χ1n) is 4.36. The number of thioether (sulfide) groups is 1. The van der Waals surface area contributed by atoms with E-state index < -0.39 is 0 Å². The van der Waals surface area contributed by atoms with Crippen molar-refractivity contribution in [3.8, 4) is 0 Å². The molecule has 0 amide bonds. The number of rotatable bonds is 3. The molecule has 0 aromatic carbocycles. The zero-order valence-corrected chi connectivity index (χ0v) is 8.85. The Labute approximate surface area is 85.7 Å². The van der Waals surface area contributed by atoms with Crippen LogP contribution in [-0.4, -0.2) is 33.0 Å². The topological polar surface area (TPSA) is 66.5 Å². The predicted molar refractivity (Wildman–Crippen MR) is 57.6 cm³/mol. The van der Waals surface area contributed by atoms with E-state index in [0.29, 0.717) is 5.95 Å². The van der Waals surface area contributed by atoms with Crippen molar-refractivity contribution >= 4 is 28.7 Å². The Morgan fingerprint density at radius 1 is 1.50 bits per heavy atom. The van der Waals surface area contributed by atoms with Gasteiger partial charge in [-0.2, -0.15) is 10.1 Å². The lowest BCUT2D eigenvalue weighted by molar-refractivity contribution is 1.06. The summed E-state index contributed by atoms with van der Waals surface area (Å²) in [5, 5.41) is 11.7. The molecular weight excluding hydrogens is 198 g/mol. The van der Waals surface area contributed by atoms with Crippen molar-refractivity contribution in [2.75, 3.05) is 18.1 Å². The van der Waals surface area contributed by atoms with Gasteiger partial charge in [-0.25, -0.2) is 4.98 Å². The van der Waals surface area contributed by atoms with Crippen molar-refractivity contribution in [2.45, 2.75) is 11.9 Å². The summed E-state index contributed by atoms with van der Waals surface area (Å²) in [6.07, 6.45) is 1.76. The second kappa shape index (κ2) is 3.83. The third-order valence-corrected chi connectivity index (χ3v) is 2.65. The summed E-state index contributed by atoms with van der Waals surface area (Å²) in [5.74, 6) is 1.61. The molecule has 2 N–H and O–H groups in total.